The molecule has 1 aliphatic rings. The first-order valence-electron chi connectivity index (χ1n) is 13.1. The van der Waals surface area contributed by atoms with Crippen LogP contribution in [-0.2, 0) is 6.54 Å². The number of hydrogen-bond donors (Lipinski definition) is 2. The topological polar surface area (TPSA) is 83.0 Å². The van der Waals surface area contributed by atoms with Gasteiger partial charge in [0.05, 0.1) is 16.3 Å². The lowest BCUT2D eigenvalue weighted by Gasteiger charge is -2.32. The fourth-order valence-electron chi connectivity index (χ4n) is 4.50. The fourth-order valence-corrected chi connectivity index (χ4v) is 5.32. The number of anilines is 1. The van der Waals surface area contributed by atoms with Crippen molar-refractivity contribution in [2.75, 3.05) is 25.0 Å². The molecule has 2 N–H and O–H groups in total. The minimum Gasteiger partial charge on any atom is -0.350 e. The third-order valence-corrected chi connectivity index (χ3v) is 7.47. The summed E-state index contributed by atoms with van der Waals surface area (Å²) in [4.78, 5) is 29.1. The molecule has 1 fully saturated rings. The molecule has 5 rings (SSSR count). The smallest absolute Gasteiger partial charge is 0.271 e. The molecule has 0 spiro atoms. The maximum Gasteiger partial charge on any atom is 0.271 e. The second kappa shape index (κ2) is 13.3. The molecule has 1 aromatic carbocycles. The molecule has 3 aromatic heterocycles. The van der Waals surface area contributed by atoms with Crippen LogP contribution < -0.4 is 10.6 Å². The number of aromatic nitrogens is 3. The average Bonchev–Trinajstić information content (AvgIpc) is 3.43. The summed E-state index contributed by atoms with van der Waals surface area (Å²) in [5, 5.41) is 8.42. The molecule has 0 aliphatic carbocycles. The lowest BCUT2D eigenvalue weighted by atomic mass is 9.96. The van der Waals surface area contributed by atoms with Crippen LogP contribution >= 0.6 is 11.3 Å². The van der Waals surface area contributed by atoms with Gasteiger partial charge in [-0.2, -0.15) is 0 Å². The van der Waals surface area contributed by atoms with E-state index in [2.05, 4.69) is 60.8 Å². The Morgan fingerprint density at radius 1 is 1.08 bits per heavy atom. The Morgan fingerprint density at radius 2 is 1.86 bits per heavy atom. The van der Waals surface area contributed by atoms with Crippen LogP contribution in [0.3, 0.4) is 0 Å². The van der Waals surface area contributed by atoms with E-state index in [-0.39, 0.29) is 11.9 Å². The third kappa shape index (κ3) is 7.11. The van der Waals surface area contributed by atoms with Crippen LogP contribution in [-0.4, -0.2) is 45.4 Å². The predicted molar refractivity (Wildman–Crippen MR) is 152 cm³/mol. The summed E-state index contributed by atoms with van der Waals surface area (Å²) in [5.74, 6) is 0.796. The maximum absolute atomic E-state index is 13.2. The van der Waals surface area contributed by atoms with Gasteiger partial charge < -0.3 is 10.6 Å². The Bertz CT molecular complexity index is 1260. The van der Waals surface area contributed by atoms with E-state index in [1.807, 2.05) is 50.5 Å². The molecule has 1 unspecified atom stereocenters. The number of carbonyl (C=O) groups excluding carboxylic acids is 1. The predicted octanol–water partition coefficient (Wildman–Crippen LogP) is 5.93. The largest absolute Gasteiger partial charge is 0.350 e. The van der Waals surface area contributed by atoms with E-state index in [9.17, 15) is 4.79 Å². The summed E-state index contributed by atoms with van der Waals surface area (Å²) in [6, 6.07) is 16.4. The van der Waals surface area contributed by atoms with E-state index >= 15 is 0 Å². The minimum absolute atomic E-state index is 0.0308. The number of hydrogen-bond acceptors (Lipinski definition) is 7. The van der Waals surface area contributed by atoms with Crippen molar-refractivity contribution in [2.45, 2.75) is 46.2 Å². The molecule has 1 saturated heterocycles. The van der Waals surface area contributed by atoms with E-state index in [1.165, 1.54) is 16.9 Å². The van der Waals surface area contributed by atoms with Gasteiger partial charge in [0.2, 0.25) is 5.95 Å². The maximum atomic E-state index is 13.2. The second-order valence-corrected chi connectivity index (χ2v) is 10.0. The highest BCUT2D eigenvalue weighted by Crippen LogP contribution is 2.26. The molecule has 1 amide bonds. The molecule has 4 heterocycles. The highest BCUT2D eigenvalue weighted by Gasteiger charge is 2.22. The van der Waals surface area contributed by atoms with E-state index in [0.717, 1.165) is 48.3 Å². The standard InChI is InChI=1S/C27H30N6OS.C2H6/c1-19(22-8-5-12-28-17-22)30-27-31-23-11-15-35-25(23)24(32-27)26(34)29-16-20-9-13-33(14-10-20)18-21-6-3-2-4-7-21;1-2/h2-8,11-12,15,17,19-20H,9-10,13-14,16,18H2,1H3,(H,29,34)(H,30,31,32);1-2H3. The lowest BCUT2D eigenvalue weighted by Crippen LogP contribution is -2.38. The van der Waals surface area contributed by atoms with Gasteiger partial charge in [0.1, 0.15) is 0 Å². The summed E-state index contributed by atoms with van der Waals surface area (Å²) >= 11 is 1.50. The summed E-state index contributed by atoms with van der Waals surface area (Å²) in [6.07, 6.45) is 5.74. The molecule has 194 valence electrons. The molecule has 4 aromatic rings. The van der Waals surface area contributed by atoms with Crippen LogP contribution in [0, 0.1) is 5.92 Å². The normalized spacial score (nSPS) is 15.0. The number of rotatable bonds is 8. The van der Waals surface area contributed by atoms with Gasteiger partial charge in [0, 0.05) is 25.5 Å². The molecule has 0 radical (unpaired) electrons. The number of amides is 1. The van der Waals surface area contributed by atoms with Crippen LogP contribution in [0.4, 0.5) is 5.95 Å². The minimum atomic E-state index is -0.136. The first kappa shape index (κ1) is 26.7. The molecule has 8 heteroatoms. The molecular weight excluding hydrogens is 480 g/mol. The van der Waals surface area contributed by atoms with Gasteiger partial charge in [-0.3, -0.25) is 14.7 Å². The Kier molecular flexibility index (Phi) is 9.57. The number of thiophene rings is 1. The van der Waals surface area contributed by atoms with Gasteiger partial charge in [-0.1, -0.05) is 50.2 Å². The van der Waals surface area contributed by atoms with Crippen LogP contribution in [0.1, 0.15) is 61.3 Å². The molecule has 7 nitrogen and oxygen atoms in total. The Labute approximate surface area is 223 Å². The second-order valence-electron chi connectivity index (χ2n) is 9.10. The van der Waals surface area contributed by atoms with E-state index in [0.29, 0.717) is 24.1 Å². The number of benzene rings is 1. The van der Waals surface area contributed by atoms with Crippen molar-refractivity contribution < 1.29 is 4.79 Å². The number of nitrogens with one attached hydrogen (secondary N) is 2. The zero-order chi connectivity index (χ0) is 26.0. The first-order valence-corrected chi connectivity index (χ1v) is 14.0. The van der Waals surface area contributed by atoms with Crippen molar-refractivity contribution in [1.82, 2.24) is 25.2 Å². The van der Waals surface area contributed by atoms with Gasteiger partial charge in [0.15, 0.2) is 5.69 Å². The highest BCUT2D eigenvalue weighted by atomic mass is 32.1. The summed E-state index contributed by atoms with van der Waals surface area (Å²) in [5.41, 5.74) is 3.61. The monoisotopic (exact) mass is 516 g/mol. The fraction of sp³-hybridized carbons (Fsp3) is 0.379. The Balaban J connectivity index is 0.00000156. The number of nitrogens with zero attached hydrogens (tertiary/aromatic N) is 4. The van der Waals surface area contributed by atoms with Crippen molar-refractivity contribution in [1.29, 1.82) is 0 Å². The van der Waals surface area contributed by atoms with Crippen LogP contribution in [0.25, 0.3) is 10.2 Å². The zero-order valence-corrected chi connectivity index (χ0v) is 22.7. The first-order chi connectivity index (χ1) is 18.2. The van der Waals surface area contributed by atoms with E-state index in [1.54, 1.807) is 6.20 Å². The molecule has 37 heavy (non-hydrogen) atoms. The van der Waals surface area contributed by atoms with Crippen LogP contribution in [0.2, 0.25) is 0 Å². The Morgan fingerprint density at radius 3 is 2.59 bits per heavy atom. The van der Waals surface area contributed by atoms with Gasteiger partial charge in [-0.05, 0) is 67.4 Å². The molecule has 0 saturated carbocycles. The van der Waals surface area contributed by atoms with Gasteiger partial charge >= 0.3 is 0 Å². The van der Waals surface area contributed by atoms with Crippen LogP contribution in [0.15, 0.2) is 66.3 Å². The quantitative estimate of drug-likeness (QED) is 0.302. The number of likely N-dealkylation sites (tertiary alicyclic amines) is 1. The van der Waals surface area contributed by atoms with Crippen molar-refractivity contribution >= 4 is 33.4 Å². The van der Waals surface area contributed by atoms with E-state index in [4.69, 9.17) is 0 Å². The number of pyridine rings is 1. The summed E-state index contributed by atoms with van der Waals surface area (Å²) in [6.45, 7) is 9.80. The van der Waals surface area contributed by atoms with E-state index < -0.39 is 0 Å². The molecule has 0 bridgehead atoms. The summed E-state index contributed by atoms with van der Waals surface area (Å²) < 4.78 is 0.819. The van der Waals surface area contributed by atoms with Crippen LogP contribution in [0.5, 0.6) is 0 Å². The van der Waals surface area contributed by atoms with Gasteiger partial charge in [-0.15, -0.1) is 11.3 Å². The number of fused-ring (bicyclic) bond motifs is 1. The van der Waals surface area contributed by atoms with Crippen molar-refractivity contribution in [3.63, 3.8) is 0 Å². The highest BCUT2D eigenvalue weighted by molar-refractivity contribution is 7.17. The molecule has 1 atom stereocenters. The third-order valence-electron chi connectivity index (χ3n) is 6.56. The van der Waals surface area contributed by atoms with Gasteiger partial charge in [-0.25, -0.2) is 9.97 Å². The van der Waals surface area contributed by atoms with Crippen molar-refractivity contribution in [3.05, 3.63) is 83.1 Å². The molecule has 1 aliphatic heterocycles. The SMILES string of the molecule is CC.CC(Nc1nc(C(=O)NCC2CCN(Cc3ccccc3)CC2)c2sccc2n1)c1cccnc1. The zero-order valence-electron chi connectivity index (χ0n) is 21.9. The van der Waals surface area contributed by atoms with Gasteiger partial charge in [0.25, 0.3) is 5.91 Å². The van der Waals surface area contributed by atoms with Crippen molar-refractivity contribution in [3.8, 4) is 0 Å². The Hall–Kier alpha value is -3.36. The summed E-state index contributed by atoms with van der Waals surface area (Å²) in [7, 11) is 0. The lowest BCUT2D eigenvalue weighted by molar-refractivity contribution is 0.0932. The molecular formula is C29H36N6OS. The number of piperidine rings is 1. The van der Waals surface area contributed by atoms with Crippen molar-refractivity contribution in [2.24, 2.45) is 5.92 Å². The number of carbonyl (C=O) groups is 1. The average molecular weight is 517 g/mol.